The summed E-state index contributed by atoms with van der Waals surface area (Å²) in [6.07, 6.45) is -0.339. The van der Waals surface area contributed by atoms with E-state index < -0.39 is 5.97 Å². The first kappa shape index (κ1) is 14.1. The average molecular weight is 299 g/mol. The summed E-state index contributed by atoms with van der Waals surface area (Å²) in [6, 6.07) is 13.0. The van der Waals surface area contributed by atoms with Crippen LogP contribution in [0.5, 0.6) is 0 Å². The van der Waals surface area contributed by atoms with Gasteiger partial charge in [-0.05, 0) is 29.8 Å². The first-order valence-corrected chi connectivity index (χ1v) is 6.72. The molecule has 1 aliphatic heterocycles. The van der Waals surface area contributed by atoms with Gasteiger partial charge in [0.25, 0.3) is 0 Å². The van der Waals surface area contributed by atoms with Crippen LogP contribution in [0.3, 0.4) is 0 Å². The van der Waals surface area contributed by atoms with Crippen molar-refractivity contribution >= 4 is 11.8 Å². The highest BCUT2D eigenvalue weighted by molar-refractivity contribution is 5.99. The fraction of sp³-hybridized carbons (Fsp3) is 0.125. The van der Waals surface area contributed by atoms with Crippen LogP contribution in [-0.2, 0) is 0 Å². The van der Waals surface area contributed by atoms with Gasteiger partial charge in [0.1, 0.15) is 12.0 Å². The van der Waals surface area contributed by atoms with Gasteiger partial charge in [-0.1, -0.05) is 24.3 Å². The maximum atomic E-state index is 13.9. The van der Waals surface area contributed by atoms with E-state index in [2.05, 4.69) is 10.5 Å². The Hall–Kier alpha value is -2.89. The predicted molar refractivity (Wildman–Crippen MR) is 80.0 cm³/mol. The summed E-state index contributed by atoms with van der Waals surface area (Å²) in [5, 5.41) is 13.3. The number of benzene rings is 2. The van der Waals surface area contributed by atoms with Gasteiger partial charge in [-0.3, -0.25) is 5.43 Å². The molecule has 0 bridgehead atoms. The number of carbonyl (C=O) groups is 1. The first-order valence-electron chi connectivity index (χ1n) is 6.72. The molecule has 2 aromatic rings. The Balaban J connectivity index is 1.90. The van der Waals surface area contributed by atoms with Crippen molar-refractivity contribution in [2.24, 2.45) is 5.10 Å². The molecule has 0 fully saturated rings. The lowest BCUT2D eigenvalue weighted by atomic mass is 10.1. The molecule has 1 heterocycles. The summed E-state index contributed by atoms with van der Waals surface area (Å²) in [4.78, 5) is 12.8. The van der Waals surface area contributed by atoms with E-state index >= 15 is 0 Å². The van der Waals surface area contributed by atoms with Gasteiger partial charge in [0, 0.05) is 7.05 Å². The molecule has 0 saturated heterocycles. The second-order valence-electron chi connectivity index (χ2n) is 4.99. The van der Waals surface area contributed by atoms with Crippen LogP contribution in [0.25, 0.3) is 0 Å². The molecule has 5 nitrogen and oxygen atoms in total. The van der Waals surface area contributed by atoms with Gasteiger partial charge < -0.3 is 10.0 Å². The molecule has 3 rings (SSSR count). The van der Waals surface area contributed by atoms with Crippen LogP contribution in [-0.4, -0.2) is 28.9 Å². The zero-order chi connectivity index (χ0) is 15.7. The number of hydrogen-bond acceptors (Lipinski definition) is 4. The maximum Gasteiger partial charge on any atom is 0.335 e. The van der Waals surface area contributed by atoms with E-state index in [1.165, 1.54) is 12.1 Å². The highest BCUT2D eigenvalue weighted by Gasteiger charge is 2.28. The van der Waals surface area contributed by atoms with Gasteiger partial charge >= 0.3 is 5.97 Å². The lowest BCUT2D eigenvalue weighted by Gasteiger charge is -2.23. The summed E-state index contributed by atoms with van der Waals surface area (Å²) in [5.74, 6) is -0.864. The number of nitrogens with zero attached hydrogens (tertiary/aromatic N) is 2. The van der Waals surface area contributed by atoms with Crippen molar-refractivity contribution in [1.29, 1.82) is 0 Å². The molecule has 2 N–H and O–H groups in total. The van der Waals surface area contributed by atoms with Crippen LogP contribution in [0.4, 0.5) is 4.39 Å². The Morgan fingerprint density at radius 3 is 2.77 bits per heavy atom. The fourth-order valence-electron chi connectivity index (χ4n) is 2.44. The largest absolute Gasteiger partial charge is 0.478 e. The highest BCUT2D eigenvalue weighted by atomic mass is 19.1. The lowest BCUT2D eigenvalue weighted by Crippen LogP contribution is -2.30. The number of amidine groups is 1. The van der Waals surface area contributed by atoms with Gasteiger partial charge in [0.2, 0.25) is 0 Å². The fourth-order valence-corrected chi connectivity index (χ4v) is 2.44. The number of aromatic carboxylic acids is 1. The topological polar surface area (TPSA) is 64.9 Å². The third-order valence-corrected chi connectivity index (χ3v) is 3.58. The van der Waals surface area contributed by atoms with E-state index in [1.54, 1.807) is 48.3 Å². The lowest BCUT2D eigenvalue weighted by molar-refractivity contribution is 0.0696. The molecule has 0 aliphatic carbocycles. The zero-order valence-corrected chi connectivity index (χ0v) is 11.8. The van der Waals surface area contributed by atoms with Crippen LogP contribution in [0, 0.1) is 5.82 Å². The molecule has 22 heavy (non-hydrogen) atoms. The first-order chi connectivity index (χ1) is 10.6. The van der Waals surface area contributed by atoms with Crippen LogP contribution in [0.15, 0.2) is 53.6 Å². The third kappa shape index (κ3) is 2.39. The van der Waals surface area contributed by atoms with Crippen LogP contribution in [0.2, 0.25) is 0 Å². The number of rotatable bonds is 3. The molecule has 112 valence electrons. The molecule has 0 aromatic heterocycles. The number of carboxylic acids is 1. The van der Waals surface area contributed by atoms with E-state index in [9.17, 15) is 9.18 Å². The summed E-state index contributed by atoms with van der Waals surface area (Å²) in [5.41, 5.74) is 4.27. The molecule has 0 saturated carbocycles. The molecular weight excluding hydrogens is 285 g/mol. The van der Waals surface area contributed by atoms with Crippen molar-refractivity contribution in [3.05, 3.63) is 71.0 Å². The van der Waals surface area contributed by atoms with Gasteiger partial charge in [0.05, 0.1) is 11.1 Å². The molecular formula is C16H14FN3O2. The molecule has 0 amide bonds. The van der Waals surface area contributed by atoms with E-state index in [0.29, 0.717) is 11.4 Å². The molecule has 1 atom stereocenters. The van der Waals surface area contributed by atoms with Crippen molar-refractivity contribution in [3.63, 3.8) is 0 Å². The van der Waals surface area contributed by atoms with Crippen LogP contribution in [0.1, 0.15) is 27.7 Å². The quantitative estimate of drug-likeness (QED) is 0.913. The van der Waals surface area contributed by atoms with Crippen molar-refractivity contribution < 1.29 is 14.3 Å². The predicted octanol–water partition coefficient (Wildman–Crippen LogP) is 2.42. The molecule has 1 aliphatic rings. The summed E-state index contributed by atoms with van der Waals surface area (Å²) >= 11 is 0. The van der Waals surface area contributed by atoms with Crippen molar-refractivity contribution in [1.82, 2.24) is 10.3 Å². The second kappa shape index (κ2) is 5.48. The second-order valence-corrected chi connectivity index (χ2v) is 4.99. The monoisotopic (exact) mass is 299 g/mol. The van der Waals surface area contributed by atoms with Crippen molar-refractivity contribution in [3.8, 4) is 0 Å². The normalized spacial score (nSPS) is 17.1. The Morgan fingerprint density at radius 2 is 2.05 bits per heavy atom. The van der Waals surface area contributed by atoms with Gasteiger partial charge in [-0.2, -0.15) is 5.10 Å². The number of nitrogens with one attached hydrogen (secondary N) is 1. The minimum atomic E-state index is -0.988. The Labute approximate surface area is 126 Å². The van der Waals surface area contributed by atoms with E-state index in [-0.39, 0.29) is 17.5 Å². The third-order valence-electron chi connectivity index (χ3n) is 3.58. The van der Waals surface area contributed by atoms with Crippen LogP contribution < -0.4 is 5.43 Å². The number of hydrogen-bond donors (Lipinski definition) is 2. The Kier molecular flexibility index (Phi) is 3.50. The van der Waals surface area contributed by atoms with Crippen LogP contribution >= 0.6 is 0 Å². The van der Waals surface area contributed by atoms with Crippen molar-refractivity contribution in [2.75, 3.05) is 7.05 Å². The summed E-state index contributed by atoms with van der Waals surface area (Å²) < 4.78 is 13.9. The highest BCUT2D eigenvalue weighted by Crippen LogP contribution is 2.25. The minimum absolute atomic E-state index is 0.201. The van der Waals surface area contributed by atoms with E-state index in [1.807, 2.05) is 0 Å². The number of hydrazone groups is 1. The Morgan fingerprint density at radius 1 is 1.27 bits per heavy atom. The summed E-state index contributed by atoms with van der Waals surface area (Å²) in [7, 11) is 1.78. The van der Waals surface area contributed by atoms with Gasteiger partial charge in [0.15, 0.2) is 5.84 Å². The number of halogens is 1. The molecule has 0 radical (unpaired) electrons. The molecule has 6 heteroatoms. The smallest absolute Gasteiger partial charge is 0.335 e. The van der Waals surface area contributed by atoms with E-state index in [0.717, 1.165) is 5.56 Å². The minimum Gasteiger partial charge on any atom is -0.478 e. The van der Waals surface area contributed by atoms with Crippen molar-refractivity contribution in [2.45, 2.75) is 6.17 Å². The van der Waals surface area contributed by atoms with Gasteiger partial charge in [-0.25, -0.2) is 9.18 Å². The Bertz CT molecular complexity index is 761. The van der Waals surface area contributed by atoms with Gasteiger partial charge in [-0.15, -0.1) is 0 Å². The SMILES string of the molecule is CN1C(c2ccccc2F)=NNC1c1cccc(C(=O)O)c1. The molecule has 0 spiro atoms. The molecule has 1 unspecified atom stereocenters. The number of carboxylic acid groups (broad SMARTS) is 1. The standard InChI is InChI=1S/C16H14FN3O2/c1-20-14(10-5-4-6-11(9-10)16(21)22)18-19-15(20)12-7-2-3-8-13(12)17/h2-9,14,18H,1H3,(H,21,22). The average Bonchev–Trinajstić information content (AvgIpc) is 2.89. The maximum absolute atomic E-state index is 13.9. The zero-order valence-electron chi connectivity index (χ0n) is 11.8. The summed E-state index contributed by atoms with van der Waals surface area (Å²) in [6.45, 7) is 0. The molecule has 2 aromatic carbocycles. The van der Waals surface area contributed by atoms with E-state index in [4.69, 9.17) is 5.11 Å².